The molecule has 0 fully saturated rings. The Hall–Kier alpha value is -20.0. The number of fused-ring (bicyclic) bond motifs is 20. The van der Waals surface area contributed by atoms with Crippen LogP contribution in [0.15, 0.2) is 566 Å². The summed E-state index contributed by atoms with van der Waals surface area (Å²) in [5, 5.41) is 18.5. The molecule has 9 nitrogen and oxygen atoms in total. The molecule has 0 aliphatic heterocycles. The fraction of sp³-hybridized carbons (Fsp3) is 0. The smallest absolute Gasteiger partial charge is 0.135 e. The molecule has 0 amide bonds. The minimum Gasteiger partial charge on any atom is -0.456 e. The maximum Gasteiger partial charge on any atom is 0.135 e. The van der Waals surface area contributed by atoms with Crippen LogP contribution in [0.2, 0.25) is 0 Å². The van der Waals surface area contributed by atoms with Crippen LogP contribution in [0.1, 0.15) is 0 Å². The Balaban J connectivity index is 0.000000108. The van der Waals surface area contributed by atoms with Gasteiger partial charge in [-0.1, -0.05) is 328 Å². The molecule has 0 atom stereocenters. The van der Waals surface area contributed by atoms with Crippen LogP contribution in [0.3, 0.4) is 0 Å². The molecule has 0 spiro atoms. The first-order valence-corrected chi connectivity index (χ1v) is 50.4. The van der Waals surface area contributed by atoms with E-state index in [2.05, 4.69) is 482 Å². The van der Waals surface area contributed by atoms with Crippen molar-refractivity contribution < 1.29 is 26.5 Å². The summed E-state index contributed by atoms with van der Waals surface area (Å²) in [4.78, 5) is 7.01. The molecule has 30 rings (SSSR count). The first-order valence-electron chi connectivity index (χ1n) is 50.4. The average molecular weight is 1910 g/mol. The van der Waals surface area contributed by atoms with Gasteiger partial charge in [0.05, 0.1) is 5.69 Å². The van der Waals surface area contributed by atoms with E-state index < -0.39 is 0 Å². The van der Waals surface area contributed by atoms with Gasteiger partial charge in [-0.05, 0) is 306 Å². The first kappa shape index (κ1) is 86.8. The number of para-hydroxylation sites is 6. The van der Waals surface area contributed by atoms with E-state index in [0.29, 0.717) is 0 Å². The molecule has 9 heteroatoms. The minimum atomic E-state index is 0.906. The monoisotopic (exact) mass is 1910 g/mol. The quantitative estimate of drug-likeness (QED) is 0.0938. The van der Waals surface area contributed by atoms with Crippen molar-refractivity contribution >= 4 is 204 Å². The molecule has 0 radical (unpaired) electrons. The highest BCUT2D eigenvalue weighted by molar-refractivity contribution is 6.13. The molecule has 30 aromatic rings. The van der Waals surface area contributed by atoms with Gasteiger partial charge in [-0.2, -0.15) is 0 Å². The Morgan fingerprint density at radius 3 is 0.584 bits per heavy atom. The normalized spacial score (nSPS) is 11.6. The van der Waals surface area contributed by atoms with E-state index in [4.69, 9.17) is 26.5 Å². The van der Waals surface area contributed by atoms with E-state index >= 15 is 0 Å². The third-order valence-electron chi connectivity index (χ3n) is 29.2. The third-order valence-corrected chi connectivity index (χ3v) is 29.2. The zero-order valence-corrected chi connectivity index (χ0v) is 80.7. The lowest BCUT2D eigenvalue weighted by atomic mass is 10.0. The Labute approximate surface area is 857 Å². The van der Waals surface area contributed by atoms with Crippen LogP contribution in [0.25, 0.3) is 231 Å². The summed E-state index contributed by atoms with van der Waals surface area (Å²) in [6, 6.07) is 191. The highest BCUT2D eigenvalue weighted by Crippen LogP contribution is 2.48. The van der Waals surface area contributed by atoms with Gasteiger partial charge in [0, 0.05) is 116 Å². The van der Waals surface area contributed by atoms with Crippen molar-refractivity contribution in [1.82, 2.24) is 0 Å². The topological polar surface area (TPSA) is 88.6 Å². The van der Waals surface area contributed by atoms with Crippen molar-refractivity contribution in [3.63, 3.8) is 0 Å². The molecule has 0 saturated heterocycles. The second-order valence-electron chi connectivity index (χ2n) is 38.1. The highest BCUT2D eigenvalue weighted by Gasteiger charge is 2.24. The van der Waals surface area contributed by atoms with Gasteiger partial charge in [0.2, 0.25) is 0 Å². The molecule has 6 aromatic heterocycles. The average Bonchev–Trinajstić information content (AvgIpc) is 1.15. The van der Waals surface area contributed by atoms with Crippen LogP contribution in [0.5, 0.6) is 0 Å². The van der Waals surface area contributed by atoms with Crippen molar-refractivity contribution in [3.8, 4) is 77.9 Å². The zero-order chi connectivity index (χ0) is 98.4. The molecular weight excluding hydrogens is 1820 g/mol. The van der Waals surface area contributed by atoms with Crippen molar-refractivity contribution in [1.29, 1.82) is 0 Å². The number of anilines is 9. The molecular formula is C140H89N3O6. The molecule has 700 valence electrons. The van der Waals surface area contributed by atoms with Crippen LogP contribution in [-0.2, 0) is 0 Å². The van der Waals surface area contributed by atoms with Gasteiger partial charge in [-0.15, -0.1) is 0 Å². The van der Waals surface area contributed by atoms with Gasteiger partial charge in [0.25, 0.3) is 0 Å². The summed E-state index contributed by atoms with van der Waals surface area (Å²) in [6.45, 7) is 0. The lowest BCUT2D eigenvalue weighted by molar-refractivity contribution is 0.668. The molecule has 0 aliphatic carbocycles. The number of hydrogen-bond acceptors (Lipinski definition) is 9. The molecule has 0 saturated carbocycles. The van der Waals surface area contributed by atoms with Gasteiger partial charge in [-0.25, -0.2) is 0 Å². The van der Waals surface area contributed by atoms with E-state index in [1.807, 2.05) is 72.8 Å². The Morgan fingerprint density at radius 2 is 0.295 bits per heavy atom. The summed E-state index contributed by atoms with van der Waals surface area (Å²) < 4.78 is 36.5. The van der Waals surface area contributed by atoms with Crippen LogP contribution in [0, 0.1) is 0 Å². The predicted molar refractivity (Wildman–Crippen MR) is 620 cm³/mol. The predicted octanol–water partition coefficient (Wildman–Crippen LogP) is 40.8. The Morgan fingerprint density at radius 1 is 0.101 bits per heavy atom. The van der Waals surface area contributed by atoms with E-state index in [1.165, 1.54) is 32.7 Å². The summed E-state index contributed by atoms with van der Waals surface area (Å²) in [5.74, 6) is 0. The van der Waals surface area contributed by atoms with E-state index in [1.54, 1.807) is 0 Å². The molecule has 6 heterocycles. The number of nitrogens with zero attached hydrogens (tertiary/aromatic N) is 3. The Bertz CT molecular complexity index is 9870. The SMILES string of the molecule is c1ccc(-c2ccc(N(c3ccc(-c4ccc5oc6ccccc6c5c4)cc3)c3ccc(-c4ccc5oc6ccccc6c5c4)cc3)cc2)cc1.c1ccc2c(N(c3ccc(-c4ccc5oc6ccccc6c5c4)cc3)c3ccc(-c4ccc5oc6ccccc6c5c4)cc3)cccc2c1.c1ccc2cc(N(c3ccc(-c4ccc5oc6ccccc6c5c4)cc3)c3ccc(-c4ccc5oc6ccccc6c5c4)cc3)ccc2c1. The van der Waals surface area contributed by atoms with Crippen molar-refractivity contribution in [2.45, 2.75) is 0 Å². The molecule has 0 unspecified atom stereocenters. The van der Waals surface area contributed by atoms with E-state index in [9.17, 15) is 0 Å². The molecule has 0 N–H and O–H groups in total. The maximum atomic E-state index is 6.09. The number of hydrogen-bond donors (Lipinski definition) is 0. The second kappa shape index (κ2) is 36.8. The van der Waals surface area contributed by atoms with E-state index in [0.717, 1.165) is 250 Å². The van der Waals surface area contributed by atoms with Crippen LogP contribution in [0.4, 0.5) is 51.2 Å². The van der Waals surface area contributed by atoms with Crippen LogP contribution in [-0.4, -0.2) is 0 Å². The first-order chi connectivity index (χ1) is 73.8. The standard InChI is InChI=1S/C48H31NO2.2C46H29NO2/c1-2-8-32(9-3-1)33-14-22-38(23-15-33)49(39-24-16-34(17-25-39)36-20-28-47-43(30-36)41-10-4-6-12-45(41)50-47)40-26-18-35(19-27-40)37-21-29-48-44(31-37)42-11-5-7-13-46(42)51-48;1-2-10-37-32(8-1)9-7-13-42(37)47(35-22-16-30(17-23-35)33-20-26-45-40(28-33)38-11-3-5-14-43(38)48-45)36-24-18-31(19-25-36)34-21-27-46-41(29-34)39-12-4-6-15-44(39)49-46;1-2-8-33-27-38(24-17-30(33)7-1)47(36-20-13-31(14-21-36)34-18-25-45-41(28-34)39-9-3-5-11-43(39)48-45)37-22-15-32(16-23-37)35-19-26-46-42(29-35)40-10-4-6-12-44(40)49-46/h1-31H;2*1-29H. The van der Waals surface area contributed by atoms with Crippen LogP contribution >= 0.6 is 0 Å². The summed E-state index contributed by atoms with van der Waals surface area (Å²) in [7, 11) is 0. The minimum absolute atomic E-state index is 0.906. The summed E-state index contributed by atoms with van der Waals surface area (Å²) >= 11 is 0. The lowest BCUT2D eigenvalue weighted by Crippen LogP contribution is -2.10. The highest BCUT2D eigenvalue weighted by atomic mass is 16.3. The van der Waals surface area contributed by atoms with Crippen molar-refractivity contribution in [2.24, 2.45) is 0 Å². The number of furan rings is 6. The fourth-order valence-electron chi connectivity index (χ4n) is 21.7. The molecule has 0 bridgehead atoms. The molecule has 149 heavy (non-hydrogen) atoms. The molecule has 0 aliphatic rings. The number of rotatable bonds is 16. The summed E-state index contributed by atoms with van der Waals surface area (Å²) in [6.07, 6.45) is 0. The van der Waals surface area contributed by atoms with Gasteiger partial charge >= 0.3 is 0 Å². The van der Waals surface area contributed by atoms with Crippen molar-refractivity contribution in [2.75, 3.05) is 14.7 Å². The lowest BCUT2D eigenvalue weighted by Gasteiger charge is -2.27. The Kier molecular flexibility index (Phi) is 21.4. The second-order valence-corrected chi connectivity index (χ2v) is 38.1. The fourth-order valence-corrected chi connectivity index (χ4v) is 21.7. The third kappa shape index (κ3) is 16.1. The van der Waals surface area contributed by atoms with Crippen molar-refractivity contribution in [3.05, 3.63) is 540 Å². The summed E-state index contributed by atoms with van der Waals surface area (Å²) in [5.41, 5.74) is 37.1. The van der Waals surface area contributed by atoms with Crippen LogP contribution < -0.4 is 14.7 Å². The van der Waals surface area contributed by atoms with Gasteiger partial charge < -0.3 is 41.2 Å². The molecule has 24 aromatic carbocycles. The zero-order valence-electron chi connectivity index (χ0n) is 80.7. The maximum absolute atomic E-state index is 6.09. The van der Waals surface area contributed by atoms with E-state index in [-0.39, 0.29) is 0 Å². The number of benzene rings is 24. The van der Waals surface area contributed by atoms with Gasteiger partial charge in [-0.3, -0.25) is 0 Å². The van der Waals surface area contributed by atoms with Gasteiger partial charge in [0.15, 0.2) is 0 Å². The largest absolute Gasteiger partial charge is 0.456 e. The van der Waals surface area contributed by atoms with Gasteiger partial charge in [0.1, 0.15) is 67.0 Å².